The van der Waals surface area contributed by atoms with E-state index in [0.29, 0.717) is 33.4 Å². The number of ether oxygens (including phenoxy) is 2. The fraction of sp³-hybridized carbons (Fsp3) is 0.214. The molecule has 1 atom stereocenters. The first kappa shape index (κ1) is 17.2. The third kappa shape index (κ3) is 4.29. The number of hydrogen-bond donors (Lipinski definition) is 0. The van der Waals surface area contributed by atoms with Crippen molar-refractivity contribution in [2.75, 3.05) is 7.11 Å². The van der Waals surface area contributed by atoms with Crippen LogP contribution in [-0.2, 0) is 0 Å². The first-order chi connectivity index (χ1) is 10.2. The Bertz CT molecular complexity index is 659. The standard InChI is InChI=1S/C12H9ClN3O2P.C2H6/c1-17-11-10(19)12(16-6-15-11)18-9-3-2-7(5-14)4-8(9)13;1-2/h2-4,6H,19H2,1H3;1-2H3. The number of nitrogens with zero attached hydrogens (tertiary/aromatic N) is 3. The van der Waals surface area contributed by atoms with Crippen LogP contribution in [0.4, 0.5) is 0 Å². The number of halogens is 1. The molecule has 1 aromatic heterocycles. The summed E-state index contributed by atoms with van der Waals surface area (Å²) in [6.07, 6.45) is 1.33. The molecule has 5 nitrogen and oxygen atoms in total. The van der Waals surface area contributed by atoms with E-state index >= 15 is 0 Å². The van der Waals surface area contributed by atoms with E-state index in [-0.39, 0.29) is 0 Å². The van der Waals surface area contributed by atoms with Crippen molar-refractivity contribution in [2.24, 2.45) is 0 Å². The van der Waals surface area contributed by atoms with Gasteiger partial charge in [0.05, 0.1) is 29.1 Å². The minimum Gasteiger partial charge on any atom is -0.480 e. The Hall–Kier alpha value is -1.89. The lowest BCUT2D eigenvalue weighted by Gasteiger charge is -2.10. The maximum atomic E-state index is 8.77. The van der Waals surface area contributed by atoms with Crippen molar-refractivity contribution in [3.8, 4) is 23.6 Å². The normalized spacial score (nSPS) is 9.14. The van der Waals surface area contributed by atoms with E-state index in [1.54, 1.807) is 12.1 Å². The summed E-state index contributed by atoms with van der Waals surface area (Å²) >= 11 is 6.03. The molecular weight excluding hydrogens is 309 g/mol. The van der Waals surface area contributed by atoms with Crippen molar-refractivity contribution >= 4 is 26.1 Å². The smallest absolute Gasteiger partial charge is 0.233 e. The van der Waals surface area contributed by atoms with Crippen LogP contribution in [-0.4, -0.2) is 17.1 Å². The predicted octanol–water partition coefficient (Wildman–Crippen LogP) is 3.33. The summed E-state index contributed by atoms with van der Waals surface area (Å²) in [5.41, 5.74) is 0.462. The Morgan fingerprint density at radius 1 is 1.24 bits per heavy atom. The quantitative estimate of drug-likeness (QED) is 0.810. The molecule has 110 valence electrons. The van der Waals surface area contributed by atoms with E-state index < -0.39 is 0 Å². The molecule has 0 saturated heterocycles. The summed E-state index contributed by atoms with van der Waals surface area (Å²) in [6, 6.07) is 6.75. The Kier molecular flexibility index (Phi) is 6.87. The topological polar surface area (TPSA) is 68.0 Å². The molecule has 1 aromatic carbocycles. The second-order valence-electron chi connectivity index (χ2n) is 3.46. The first-order valence-corrected chi connectivity index (χ1v) is 7.13. The third-order valence-electron chi connectivity index (χ3n) is 2.27. The average Bonchev–Trinajstić information content (AvgIpc) is 2.53. The highest BCUT2D eigenvalue weighted by atomic mass is 35.5. The van der Waals surface area contributed by atoms with Crippen LogP contribution in [0, 0.1) is 11.3 Å². The molecule has 0 spiro atoms. The molecular formula is C14H15ClN3O2P. The lowest BCUT2D eigenvalue weighted by atomic mass is 10.2. The largest absolute Gasteiger partial charge is 0.480 e. The maximum absolute atomic E-state index is 8.77. The first-order valence-electron chi connectivity index (χ1n) is 6.17. The highest BCUT2D eigenvalue weighted by Crippen LogP contribution is 2.29. The Labute approximate surface area is 131 Å². The van der Waals surface area contributed by atoms with Gasteiger partial charge in [0, 0.05) is 0 Å². The molecule has 2 rings (SSSR count). The van der Waals surface area contributed by atoms with Crippen LogP contribution in [0.3, 0.4) is 0 Å². The molecule has 0 radical (unpaired) electrons. The Balaban J connectivity index is 0.00000106. The van der Waals surface area contributed by atoms with Gasteiger partial charge in [-0.05, 0) is 18.2 Å². The molecule has 1 heterocycles. The summed E-state index contributed by atoms with van der Waals surface area (Å²) in [6.45, 7) is 4.00. The van der Waals surface area contributed by atoms with Crippen molar-refractivity contribution < 1.29 is 9.47 Å². The van der Waals surface area contributed by atoms with Gasteiger partial charge in [-0.1, -0.05) is 34.7 Å². The van der Waals surface area contributed by atoms with Crippen LogP contribution < -0.4 is 14.8 Å². The maximum Gasteiger partial charge on any atom is 0.233 e. The molecule has 0 saturated carbocycles. The van der Waals surface area contributed by atoms with Crippen molar-refractivity contribution in [1.29, 1.82) is 5.26 Å². The van der Waals surface area contributed by atoms with Crippen LogP contribution >= 0.6 is 20.8 Å². The van der Waals surface area contributed by atoms with Crippen LogP contribution in [0.25, 0.3) is 0 Å². The lowest BCUT2D eigenvalue weighted by Crippen LogP contribution is -2.07. The monoisotopic (exact) mass is 323 g/mol. The molecule has 0 N–H and O–H groups in total. The van der Waals surface area contributed by atoms with E-state index in [1.165, 1.54) is 19.5 Å². The molecule has 21 heavy (non-hydrogen) atoms. The Morgan fingerprint density at radius 3 is 2.48 bits per heavy atom. The molecule has 0 aliphatic heterocycles. The summed E-state index contributed by atoms with van der Waals surface area (Å²) in [5, 5.41) is 9.69. The van der Waals surface area contributed by atoms with Gasteiger partial charge in [-0.2, -0.15) is 5.26 Å². The number of benzene rings is 1. The molecule has 0 amide bonds. The van der Waals surface area contributed by atoms with Crippen LogP contribution in [0.15, 0.2) is 24.5 Å². The molecule has 0 aliphatic carbocycles. The summed E-state index contributed by atoms with van der Waals surface area (Å²) in [7, 11) is 3.96. The van der Waals surface area contributed by atoms with Gasteiger partial charge in [-0.3, -0.25) is 0 Å². The van der Waals surface area contributed by atoms with E-state index in [2.05, 4.69) is 19.2 Å². The third-order valence-corrected chi connectivity index (χ3v) is 3.06. The SMILES string of the molecule is CC.COc1ncnc(Oc2ccc(C#N)cc2Cl)c1P. The number of nitriles is 1. The van der Waals surface area contributed by atoms with Crippen LogP contribution in [0.5, 0.6) is 17.5 Å². The van der Waals surface area contributed by atoms with Crippen molar-refractivity contribution in [1.82, 2.24) is 9.97 Å². The molecule has 2 aromatic rings. The van der Waals surface area contributed by atoms with E-state index in [9.17, 15) is 0 Å². The van der Waals surface area contributed by atoms with Gasteiger partial charge in [0.1, 0.15) is 12.1 Å². The summed E-state index contributed by atoms with van der Waals surface area (Å²) in [4.78, 5) is 7.95. The number of aromatic nitrogens is 2. The zero-order valence-electron chi connectivity index (χ0n) is 11.9. The second-order valence-corrected chi connectivity index (χ2v) is 4.45. The van der Waals surface area contributed by atoms with Crippen molar-refractivity contribution in [2.45, 2.75) is 13.8 Å². The van der Waals surface area contributed by atoms with E-state index in [4.69, 9.17) is 26.3 Å². The van der Waals surface area contributed by atoms with Gasteiger partial charge in [-0.25, -0.2) is 9.97 Å². The molecule has 0 bridgehead atoms. The van der Waals surface area contributed by atoms with Crippen LogP contribution in [0.2, 0.25) is 5.02 Å². The lowest BCUT2D eigenvalue weighted by molar-refractivity contribution is 0.394. The fourth-order valence-corrected chi connectivity index (χ4v) is 1.91. The van der Waals surface area contributed by atoms with E-state index in [0.717, 1.165) is 0 Å². The summed E-state index contributed by atoms with van der Waals surface area (Å²) in [5.74, 6) is 1.13. The average molecular weight is 324 g/mol. The second kappa shape index (κ2) is 8.41. The highest BCUT2D eigenvalue weighted by molar-refractivity contribution is 7.28. The zero-order valence-corrected chi connectivity index (χ0v) is 13.8. The number of methoxy groups -OCH3 is 1. The van der Waals surface area contributed by atoms with Gasteiger partial charge in [0.25, 0.3) is 0 Å². The van der Waals surface area contributed by atoms with Gasteiger partial charge < -0.3 is 9.47 Å². The minimum absolute atomic E-state index is 0.323. The van der Waals surface area contributed by atoms with Gasteiger partial charge in [0.15, 0.2) is 0 Å². The minimum atomic E-state index is 0.323. The molecule has 0 fully saturated rings. The van der Waals surface area contributed by atoms with Crippen LogP contribution in [0.1, 0.15) is 19.4 Å². The van der Waals surface area contributed by atoms with Crippen molar-refractivity contribution in [3.63, 3.8) is 0 Å². The fourth-order valence-electron chi connectivity index (χ4n) is 1.37. The van der Waals surface area contributed by atoms with E-state index in [1.807, 2.05) is 19.9 Å². The number of rotatable bonds is 3. The summed E-state index contributed by atoms with van der Waals surface area (Å²) < 4.78 is 10.7. The molecule has 0 aliphatic rings. The van der Waals surface area contributed by atoms with Gasteiger partial charge in [-0.15, -0.1) is 0 Å². The van der Waals surface area contributed by atoms with Gasteiger partial charge in [0.2, 0.25) is 11.8 Å². The highest BCUT2D eigenvalue weighted by Gasteiger charge is 2.11. The molecule has 7 heteroatoms. The van der Waals surface area contributed by atoms with Gasteiger partial charge >= 0.3 is 0 Å². The Morgan fingerprint density at radius 2 is 1.90 bits per heavy atom. The molecule has 1 unspecified atom stereocenters. The zero-order chi connectivity index (χ0) is 15.8. The number of hydrogen-bond acceptors (Lipinski definition) is 5. The predicted molar refractivity (Wildman–Crippen MR) is 85.5 cm³/mol. The van der Waals surface area contributed by atoms with Crippen molar-refractivity contribution in [3.05, 3.63) is 35.1 Å².